The predicted octanol–water partition coefficient (Wildman–Crippen LogP) is 22.1. The van der Waals surface area contributed by atoms with Crippen molar-refractivity contribution in [1.29, 1.82) is 0 Å². The third-order valence-electron chi connectivity index (χ3n) is 16.6. The van der Waals surface area contributed by atoms with Crippen LogP contribution in [0, 0.1) is 13.1 Å². The molecule has 1 unspecified atom stereocenters. The molecule has 16 rings (SSSR count). The Balaban J connectivity index is 0.000000189. The van der Waals surface area contributed by atoms with E-state index in [0.717, 1.165) is 13.5 Å². The van der Waals surface area contributed by atoms with Crippen LogP contribution < -0.4 is 93.2 Å². The van der Waals surface area contributed by atoms with Crippen LogP contribution in [0.3, 0.4) is 0 Å². The molecule has 0 N–H and O–H groups in total. The molecule has 2 heterocycles. The summed E-state index contributed by atoms with van der Waals surface area (Å²) in [5.41, 5.74) is 1.94. The van der Waals surface area contributed by atoms with Gasteiger partial charge in [0, 0.05) is 41.8 Å². The third-order valence-corrected chi connectivity index (χ3v) is 29.1. The summed E-state index contributed by atoms with van der Waals surface area (Å²) < 4.78 is 2.72. The minimum absolute atomic E-state index is 0. The molecule has 115 heavy (non-hydrogen) atoms. The van der Waals surface area contributed by atoms with Crippen molar-refractivity contribution in [3.63, 3.8) is 0 Å². The maximum Gasteiger partial charge on any atom is 1.00 e. The van der Waals surface area contributed by atoms with Gasteiger partial charge >= 0.3 is 29.6 Å². The molecule has 0 saturated heterocycles. The fourth-order valence-electron chi connectivity index (χ4n) is 11.4. The van der Waals surface area contributed by atoms with Gasteiger partial charge in [0.15, 0.2) is 0 Å². The van der Waals surface area contributed by atoms with E-state index < -0.39 is 37.7 Å². The smallest absolute Gasteiger partial charge is 1.00 e. The molecule has 4 nitrogen and oxygen atoms in total. The summed E-state index contributed by atoms with van der Waals surface area (Å²) in [5, 5.41) is 18.9. The molecular formula is C98H76Br3Cl4N4NaP4Pd. The van der Waals surface area contributed by atoms with Crippen LogP contribution in [-0.4, -0.2) is 9.97 Å². The molecule has 0 bridgehead atoms. The fourth-order valence-corrected chi connectivity index (χ4v) is 22.5. The molecule has 16 aromatic rings. The van der Waals surface area contributed by atoms with Crippen molar-refractivity contribution in [1.82, 2.24) is 9.97 Å². The first kappa shape index (κ1) is 92.8. The number of pyridine rings is 2. The SMILES string of the molecule is Brc1ccc(Br)nc1.[C-]#[N+]C(c1ccc(Br)cn1)c1c(Cl)cccc1Cl.[C-]#[N+]Cc1c(Cl)cccc1Cl.[H-].[Na+].[Pd].c1ccc(P(c2ccccc2)c2ccccc2)cc1.c1ccc(P(c2ccccc2)c2ccccc2)cc1.c1ccc(P(c2ccccc2)c2ccccc2)cc1.c1ccc(P(c2ccccc2)c2ccccc2)cc1. The minimum Gasteiger partial charge on any atom is -1.00 e. The van der Waals surface area contributed by atoms with Gasteiger partial charge in [0.25, 0.3) is 6.04 Å². The molecule has 0 radical (unpaired) electrons. The van der Waals surface area contributed by atoms with E-state index in [9.17, 15) is 0 Å². The van der Waals surface area contributed by atoms with Gasteiger partial charge in [0.2, 0.25) is 6.54 Å². The van der Waals surface area contributed by atoms with Crippen LogP contribution in [0.1, 0.15) is 24.3 Å². The first-order valence-electron chi connectivity index (χ1n) is 35.7. The summed E-state index contributed by atoms with van der Waals surface area (Å²) in [7, 11) is -1.78. The van der Waals surface area contributed by atoms with Crippen LogP contribution in [-0.2, 0) is 27.0 Å². The fraction of sp³-hybridized carbons (Fsp3) is 0.0204. The predicted molar refractivity (Wildman–Crippen MR) is 505 cm³/mol. The van der Waals surface area contributed by atoms with Crippen molar-refractivity contribution in [2.45, 2.75) is 12.6 Å². The molecule has 568 valence electrons. The average molecular weight is 1940 g/mol. The summed E-state index contributed by atoms with van der Waals surface area (Å²) in [4.78, 5) is 15.0. The Morgan fingerprint density at radius 2 is 0.487 bits per heavy atom. The van der Waals surface area contributed by atoms with E-state index in [1.54, 1.807) is 54.9 Å². The van der Waals surface area contributed by atoms with E-state index in [4.69, 9.17) is 59.5 Å². The minimum atomic E-state index is -0.584. The zero-order chi connectivity index (χ0) is 79.0. The van der Waals surface area contributed by atoms with Gasteiger partial charge in [-0.3, -0.25) is 4.98 Å². The van der Waals surface area contributed by atoms with E-state index in [1.165, 1.54) is 63.7 Å². The second-order valence-electron chi connectivity index (χ2n) is 24.3. The summed E-state index contributed by atoms with van der Waals surface area (Å²) in [6.07, 6.45) is 3.39. The number of hydrogen-bond acceptors (Lipinski definition) is 2. The average Bonchev–Trinajstić information content (AvgIpc) is 0.837. The maximum absolute atomic E-state index is 7.34. The molecule has 14 aromatic carbocycles. The Labute approximate surface area is 765 Å². The molecule has 0 spiro atoms. The van der Waals surface area contributed by atoms with Crippen molar-refractivity contribution in [3.05, 3.63) is 510 Å². The summed E-state index contributed by atoms with van der Waals surface area (Å²) in [6, 6.07) is 147. The molecule has 0 aliphatic heterocycles. The standard InChI is InChI=1S/4C18H15P.C13H7BrCl2N2.C8H5Cl2N.C5H3Br2N.Na.Pd.H/c4*1-4-10-16(11-5-1)19(17-12-6-2-7-13-17)18-14-8-3-9-15-18;1-17-13(11-6-5-8(14)7-18-11)12-9(15)3-2-4-10(12)16;1-11-5-6-7(9)3-2-4-8(6)10;6-4-1-2-5(7)8-3-4;;;/h4*1-15H;2-7,13H;2-4H,5H2;1-3H;;;/q;;;;;;;+1;;-1. The first-order chi connectivity index (χ1) is 55.5. The molecule has 17 heteroatoms. The summed E-state index contributed by atoms with van der Waals surface area (Å²) >= 11 is 33.6. The molecule has 2 aromatic heterocycles. The zero-order valence-electron chi connectivity index (χ0n) is 63.4. The van der Waals surface area contributed by atoms with Crippen LogP contribution in [0.4, 0.5) is 0 Å². The summed E-state index contributed by atoms with van der Waals surface area (Å²) in [6.45, 7) is 14.2. The number of halogens is 7. The van der Waals surface area contributed by atoms with E-state index in [-0.39, 0.29) is 58.0 Å². The normalized spacial score (nSPS) is 10.4. The second-order valence-corrected chi connectivity index (χ2v) is 37.4. The van der Waals surface area contributed by atoms with Gasteiger partial charge < -0.3 is 11.1 Å². The van der Waals surface area contributed by atoms with Crippen LogP contribution >= 0.6 is 126 Å². The number of hydrogen-bond donors (Lipinski definition) is 0. The van der Waals surface area contributed by atoms with Crippen molar-refractivity contribution in [3.8, 4) is 0 Å². The number of nitrogens with zero attached hydrogens (tertiary/aromatic N) is 4. The largest absolute Gasteiger partial charge is 1.00 e. The van der Waals surface area contributed by atoms with Crippen LogP contribution in [0.5, 0.6) is 0 Å². The Morgan fingerprint density at radius 1 is 0.278 bits per heavy atom. The molecule has 0 fully saturated rings. The third kappa shape index (κ3) is 29.7. The van der Waals surface area contributed by atoms with E-state index in [0.29, 0.717) is 36.9 Å². The number of rotatable bonds is 15. The summed E-state index contributed by atoms with van der Waals surface area (Å²) in [5.74, 6) is 0. The Kier molecular flexibility index (Phi) is 42.2. The van der Waals surface area contributed by atoms with Gasteiger partial charge in [0.1, 0.15) is 10.3 Å². The Hall–Kier alpha value is -7.66. The molecular weight excluding hydrogens is 1870 g/mol. The molecule has 0 saturated carbocycles. The van der Waals surface area contributed by atoms with E-state index >= 15 is 0 Å². The number of benzene rings is 14. The van der Waals surface area contributed by atoms with Gasteiger partial charge in [-0.1, -0.05) is 423 Å². The van der Waals surface area contributed by atoms with Crippen LogP contribution in [0.25, 0.3) is 9.69 Å². The van der Waals surface area contributed by atoms with E-state index in [1.807, 2.05) is 18.2 Å². The van der Waals surface area contributed by atoms with Crippen molar-refractivity contribution in [2.75, 3.05) is 0 Å². The molecule has 0 aliphatic carbocycles. The van der Waals surface area contributed by atoms with Crippen LogP contribution in [0.15, 0.2) is 451 Å². The van der Waals surface area contributed by atoms with Gasteiger partial charge in [-0.05, 0) is 192 Å². The number of aromatic nitrogens is 2. The van der Waals surface area contributed by atoms with Gasteiger partial charge in [0.05, 0.1) is 31.2 Å². The Bertz CT molecular complexity index is 4580. The van der Waals surface area contributed by atoms with Gasteiger partial charge in [-0.25, -0.2) is 18.1 Å². The maximum atomic E-state index is 7.34. The first-order valence-corrected chi connectivity index (χ1v) is 45.0. The molecule has 0 amide bonds. The van der Waals surface area contributed by atoms with Crippen molar-refractivity contribution < 1.29 is 51.4 Å². The second kappa shape index (κ2) is 52.2. The topological polar surface area (TPSA) is 34.5 Å². The zero-order valence-corrected chi connectivity index (χ0v) is 77.3. The van der Waals surface area contributed by atoms with Crippen molar-refractivity contribution >= 4 is 190 Å². The molecule has 0 aliphatic rings. The van der Waals surface area contributed by atoms with Gasteiger partial charge in [-0.2, -0.15) is 0 Å². The van der Waals surface area contributed by atoms with Crippen LogP contribution in [0.2, 0.25) is 20.1 Å². The van der Waals surface area contributed by atoms with Crippen molar-refractivity contribution in [2.24, 2.45) is 0 Å². The Morgan fingerprint density at radius 3 is 0.661 bits per heavy atom. The van der Waals surface area contributed by atoms with Gasteiger partial charge in [-0.15, -0.1) is 0 Å². The molecule has 1 atom stereocenters. The van der Waals surface area contributed by atoms with E-state index in [2.05, 4.69) is 431 Å². The monoisotopic (exact) mass is 1940 g/mol. The quantitative estimate of drug-likeness (QED) is 0.0444.